The van der Waals surface area contributed by atoms with Crippen molar-refractivity contribution >= 4 is 10.0 Å². The number of aliphatic hydroxyl groups is 1. The highest BCUT2D eigenvalue weighted by Gasteiger charge is 2.38. The minimum Gasteiger partial charge on any atom is -0.396 e. The molecule has 1 N–H and O–H groups in total. The van der Waals surface area contributed by atoms with Gasteiger partial charge in [0.15, 0.2) is 0 Å². The summed E-state index contributed by atoms with van der Waals surface area (Å²) in [5.74, 6) is 0.0700. The van der Waals surface area contributed by atoms with Gasteiger partial charge in [0, 0.05) is 31.8 Å². The molecule has 0 spiro atoms. The van der Waals surface area contributed by atoms with Crippen molar-refractivity contribution in [2.45, 2.75) is 44.7 Å². The minimum absolute atomic E-state index is 0.0584. The average Bonchev–Trinajstić information content (AvgIpc) is 2.35. The molecule has 5 nitrogen and oxygen atoms in total. The van der Waals surface area contributed by atoms with Crippen molar-refractivity contribution in [3.8, 4) is 0 Å². The smallest absolute Gasteiger partial charge is 0.214 e. The van der Waals surface area contributed by atoms with E-state index in [1.165, 1.54) is 12.8 Å². The number of hydrogen-bond acceptors (Lipinski definition) is 4. The molecule has 0 aromatic rings. The summed E-state index contributed by atoms with van der Waals surface area (Å²) in [6, 6.07) is 0.460. The van der Waals surface area contributed by atoms with Gasteiger partial charge in [0.25, 0.3) is 0 Å². The van der Waals surface area contributed by atoms with Crippen molar-refractivity contribution in [2.24, 2.45) is 0 Å². The van der Waals surface area contributed by atoms with Crippen LogP contribution in [-0.2, 0) is 10.0 Å². The van der Waals surface area contributed by atoms with Gasteiger partial charge in [0.1, 0.15) is 0 Å². The number of sulfonamides is 1. The molecule has 2 atom stereocenters. The molecule has 2 rings (SSSR count). The van der Waals surface area contributed by atoms with Gasteiger partial charge in [0.05, 0.1) is 5.75 Å². The Labute approximate surface area is 110 Å². The summed E-state index contributed by atoms with van der Waals surface area (Å²) in [7, 11) is -3.20. The lowest BCUT2D eigenvalue weighted by molar-refractivity contribution is 0.0564. The molecule has 2 saturated heterocycles. The van der Waals surface area contributed by atoms with E-state index in [4.69, 9.17) is 5.11 Å². The van der Waals surface area contributed by atoms with Crippen LogP contribution in [0.2, 0.25) is 0 Å². The SMILES string of the molecule is CC1CN2CCCCC2CN1S(=O)(=O)CCCO. The zero-order valence-electron chi connectivity index (χ0n) is 11.1. The van der Waals surface area contributed by atoms with Crippen molar-refractivity contribution in [2.75, 3.05) is 32.0 Å². The summed E-state index contributed by atoms with van der Waals surface area (Å²) in [5, 5.41) is 8.79. The zero-order chi connectivity index (χ0) is 13.2. The van der Waals surface area contributed by atoms with Gasteiger partial charge in [0.2, 0.25) is 10.0 Å². The predicted octanol–water partition coefficient (Wildman–Crippen LogP) is 0.257. The molecule has 0 saturated carbocycles. The Morgan fingerprint density at radius 3 is 2.78 bits per heavy atom. The van der Waals surface area contributed by atoms with Crippen LogP contribution in [-0.4, -0.2) is 66.8 Å². The van der Waals surface area contributed by atoms with E-state index in [1.54, 1.807) is 4.31 Å². The number of hydrogen-bond donors (Lipinski definition) is 1. The summed E-state index contributed by atoms with van der Waals surface area (Å²) in [5.41, 5.74) is 0. The van der Waals surface area contributed by atoms with Gasteiger partial charge < -0.3 is 5.11 Å². The van der Waals surface area contributed by atoms with E-state index in [1.807, 2.05) is 6.92 Å². The van der Waals surface area contributed by atoms with Crippen molar-refractivity contribution in [1.82, 2.24) is 9.21 Å². The molecule has 18 heavy (non-hydrogen) atoms. The molecule has 106 valence electrons. The fourth-order valence-electron chi connectivity index (χ4n) is 3.08. The Bertz CT molecular complexity index is 372. The van der Waals surface area contributed by atoms with E-state index in [0.29, 0.717) is 19.0 Å². The first-order chi connectivity index (χ1) is 8.54. The second-order valence-electron chi connectivity index (χ2n) is 5.46. The van der Waals surface area contributed by atoms with E-state index in [2.05, 4.69) is 4.90 Å². The fraction of sp³-hybridized carbons (Fsp3) is 1.00. The maximum atomic E-state index is 12.2. The first-order valence-electron chi connectivity index (χ1n) is 6.89. The van der Waals surface area contributed by atoms with Gasteiger partial charge in [-0.3, -0.25) is 4.90 Å². The van der Waals surface area contributed by atoms with Crippen LogP contribution >= 0.6 is 0 Å². The number of rotatable bonds is 4. The Hall–Kier alpha value is -0.170. The molecule has 2 unspecified atom stereocenters. The molecule has 0 aromatic heterocycles. The van der Waals surface area contributed by atoms with Gasteiger partial charge in [-0.1, -0.05) is 6.42 Å². The Balaban J connectivity index is 2.04. The lowest BCUT2D eigenvalue weighted by Crippen LogP contribution is -2.60. The van der Waals surface area contributed by atoms with Gasteiger partial charge in [-0.2, -0.15) is 4.31 Å². The minimum atomic E-state index is -3.20. The molecule has 2 aliphatic heterocycles. The number of piperidine rings is 1. The van der Waals surface area contributed by atoms with Crippen LogP contribution in [0.4, 0.5) is 0 Å². The first-order valence-corrected chi connectivity index (χ1v) is 8.50. The highest BCUT2D eigenvalue weighted by atomic mass is 32.2. The maximum absolute atomic E-state index is 12.2. The topological polar surface area (TPSA) is 60.9 Å². The molecule has 0 bridgehead atoms. The van der Waals surface area contributed by atoms with E-state index in [-0.39, 0.29) is 18.4 Å². The highest BCUT2D eigenvalue weighted by Crippen LogP contribution is 2.26. The molecule has 0 amide bonds. The molecular formula is C12H24N2O3S. The van der Waals surface area contributed by atoms with Crippen molar-refractivity contribution in [3.05, 3.63) is 0 Å². The molecule has 2 aliphatic rings. The summed E-state index contributed by atoms with van der Waals surface area (Å²) >= 11 is 0. The number of aliphatic hydroxyl groups excluding tert-OH is 1. The molecule has 0 radical (unpaired) electrons. The molecule has 2 heterocycles. The number of fused-ring (bicyclic) bond motifs is 1. The molecule has 6 heteroatoms. The normalized spacial score (nSPS) is 31.2. The zero-order valence-corrected chi connectivity index (χ0v) is 11.9. The molecule has 0 aromatic carbocycles. The van der Waals surface area contributed by atoms with Crippen LogP contribution in [0.5, 0.6) is 0 Å². The van der Waals surface area contributed by atoms with Crippen LogP contribution in [0.25, 0.3) is 0 Å². The Kier molecular flexibility index (Phi) is 4.64. The van der Waals surface area contributed by atoms with Gasteiger partial charge in [-0.05, 0) is 32.7 Å². The molecule has 2 fully saturated rings. The fourth-order valence-corrected chi connectivity index (χ4v) is 4.82. The molecule has 0 aliphatic carbocycles. The lowest BCUT2D eigenvalue weighted by atomic mass is 9.99. The van der Waals surface area contributed by atoms with Crippen LogP contribution in [0.3, 0.4) is 0 Å². The number of nitrogens with zero attached hydrogens (tertiary/aromatic N) is 2. The maximum Gasteiger partial charge on any atom is 0.214 e. The number of piperazine rings is 1. The van der Waals surface area contributed by atoms with Crippen LogP contribution < -0.4 is 0 Å². The second kappa shape index (κ2) is 5.86. The first kappa shape index (κ1) is 14.2. The van der Waals surface area contributed by atoms with Crippen molar-refractivity contribution in [1.29, 1.82) is 0 Å². The monoisotopic (exact) mass is 276 g/mol. The van der Waals surface area contributed by atoms with E-state index < -0.39 is 10.0 Å². The summed E-state index contributed by atoms with van der Waals surface area (Å²) in [4.78, 5) is 2.44. The van der Waals surface area contributed by atoms with E-state index in [0.717, 1.165) is 19.5 Å². The third-order valence-electron chi connectivity index (χ3n) is 4.05. The Morgan fingerprint density at radius 2 is 2.06 bits per heavy atom. The summed E-state index contributed by atoms with van der Waals surface area (Å²) in [6.07, 6.45) is 3.89. The Morgan fingerprint density at radius 1 is 1.28 bits per heavy atom. The average molecular weight is 276 g/mol. The van der Waals surface area contributed by atoms with E-state index in [9.17, 15) is 8.42 Å². The largest absolute Gasteiger partial charge is 0.396 e. The quantitative estimate of drug-likeness (QED) is 0.800. The molecular weight excluding hydrogens is 252 g/mol. The van der Waals surface area contributed by atoms with Gasteiger partial charge in [-0.25, -0.2) is 8.42 Å². The standard InChI is InChI=1S/C12H24N2O3S/c1-11-9-13-6-3-2-5-12(13)10-14(11)18(16,17)8-4-7-15/h11-12,15H,2-10H2,1H3. The van der Waals surface area contributed by atoms with Gasteiger partial charge in [-0.15, -0.1) is 0 Å². The van der Waals surface area contributed by atoms with Crippen molar-refractivity contribution < 1.29 is 13.5 Å². The highest BCUT2D eigenvalue weighted by molar-refractivity contribution is 7.89. The third kappa shape index (κ3) is 3.04. The van der Waals surface area contributed by atoms with Crippen LogP contribution in [0.1, 0.15) is 32.6 Å². The van der Waals surface area contributed by atoms with Gasteiger partial charge >= 0.3 is 0 Å². The third-order valence-corrected chi connectivity index (χ3v) is 6.08. The lowest BCUT2D eigenvalue weighted by Gasteiger charge is -2.46. The predicted molar refractivity (Wildman–Crippen MR) is 70.9 cm³/mol. The van der Waals surface area contributed by atoms with Crippen LogP contribution in [0, 0.1) is 0 Å². The van der Waals surface area contributed by atoms with Crippen molar-refractivity contribution in [3.63, 3.8) is 0 Å². The van der Waals surface area contributed by atoms with E-state index >= 15 is 0 Å². The second-order valence-corrected chi connectivity index (χ2v) is 7.50. The van der Waals surface area contributed by atoms with Crippen LogP contribution in [0.15, 0.2) is 0 Å². The summed E-state index contributed by atoms with van der Waals surface area (Å²) < 4.78 is 26.1. The summed E-state index contributed by atoms with van der Waals surface area (Å²) in [6.45, 7) is 4.52.